The molecular formula is C44H68O4. The molecule has 2 bridgehead atoms. The minimum atomic E-state index is -0.993. The van der Waals surface area contributed by atoms with Gasteiger partial charge in [0.25, 0.3) is 0 Å². The number of carbonyl (C=O) groups is 1. The largest absolute Gasteiger partial charge is 0.481 e. The van der Waals surface area contributed by atoms with Crippen molar-refractivity contribution < 1.29 is 19.7 Å². The molecule has 1 heterocycles. The highest BCUT2D eigenvalue weighted by Crippen LogP contribution is 2.81. The Kier molecular flexibility index (Phi) is 8.83. The fourth-order valence-corrected chi connectivity index (χ4v) is 15.1. The van der Waals surface area contributed by atoms with Crippen LogP contribution in [0.15, 0.2) is 30.3 Å². The van der Waals surface area contributed by atoms with Gasteiger partial charge in [-0.2, -0.15) is 0 Å². The monoisotopic (exact) mass is 661 g/mol. The second-order valence-corrected chi connectivity index (χ2v) is 19.4. The number of hydrogen-bond acceptors (Lipinski definition) is 3. The summed E-state index contributed by atoms with van der Waals surface area (Å²) in [4.78, 5) is 12.8. The van der Waals surface area contributed by atoms with Crippen LogP contribution in [0.25, 0.3) is 0 Å². The summed E-state index contributed by atoms with van der Waals surface area (Å²) in [6.45, 7) is 14.7. The number of benzene rings is 1. The van der Waals surface area contributed by atoms with Gasteiger partial charge >= 0.3 is 5.97 Å². The van der Waals surface area contributed by atoms with Gasteiger partial charge in [-0.1, -0.05) is 97.1 Å². The number of rotatable bonds is 10. The summed E-state index contributed by atoms with van der Waals surface area (Å²) in [6, 6.07) is 10.9. The van der Waals surface area contributed by atoms with Crippen LogP contribution in [0.5, 0.6) is 0 Å². The lowest BCUT2D eigenvalue weighted by atomic mass is 9.28. The summed E-state index contributed by atoms with van der Waals surface area (Å²) >= 11 is 0. The molecule has 5 saturated carbocycles. The van der Waals surface area contributed by atoms with Crippen LogP contribution in [-0.4, -0.2) is 28.1 Å². The van der Waals surface area contributed by atoms with Crippen LogP contribution in [0.4, 0.5) is 0 Å². The van der Waals surface area contributed by atoms with Gasteiger partial charge in [-0.15, -0.1) is 0 Å². The third-order valence-electron chi connectivity index (χ3n) is 17.5. The van der Waals surface area contributed by atoms with Crippen LogP contribution < -0.4 is 0 Å². The van der Waals surface area contributed by atoms with E-state index < -0.39 is 17.2 Å². The van der Waals surface area contributed by atoms with Crippen molar-refractivity contribution in [3.05, 3.63) is 35.9 Å². The van der Waals surface area contributed by atoms with E-state index in [4.69, 9.17) is 4.74 Å². The zero-order valence-corrected chi connectivity index (χ0v) is 31.4. The van der Waals surface area contributed by atoms with Crippen molar-refractivity contribution in [3.8, 4) is 0 Å². The number of aliphatic hydroxyl groups is 1. The molecule has 1 saturated heterocycles. The van der Waals surface area contributed by atoms with Gasteiger partial charge in [0.2, 0.25) is 0 Å². The minimum absolute atomic E-state index is 0.0114. The third-order valence-corrected chi connectivity index (χ3v) is 17.5. The number of carboxylic acid groups (broad SMARTS) is 1. The second kappa shape index (κ2) is 12.1. The summed E-state index contributed by atoms with van der Waals surface area (Å²) in [5.74, 6) is 0.307. The molecule has 0 amide bonds. The molecule has 6 aliphatic rings. The molecule has 4 nitrogen and oxygen atoms in total. The summed E-state index contributed by atoms with van der Waals surface area (Å²) in [5, 5.41) is 22.8. The fourth-order valence-electron chi connectivity index (χ4n) is 15.1. The molecule has 0 aromatic heterocycles. The predicted molar refractivity (Wildman–Crippen MR) is 193 cm³/mol. The summed E-state index contributed by atoms with van der Waals surface area (Å²) < 4.78 is 6.98. The van der Waals surface area contributed by atoms with Crippen LogP contribution in [0, 0.1) is 56.2 Å². The number of ether oxygens (including phenoxy) is 1. The Morgan fingerprint density at radius 2 is 1.54 bits per heavy atom. The third kappa shape index (κ3) is 4.82. The molecule has 12 atom stereocenters. The maximum Gasteiger partial charge on any atom is 0.309 e. The Morgan fingerprint density at radius 3 is 2.25 bits per heavy atom. The molecule has 1 aromatic rings. The fraction of sp³-hybridized carbons (Fsp3) is 0.841. The van der Waals surface area contributed by atoms with Gasteiger partial charge in [-0.3, -0.25) is 4.79 Å². The molecule has 6 fully saturated rings. The predicted octanol–water partition coefficient (Wildman–Crippen LogP) is 11.0. The van der Waals surface area contributed by atoms with Gasteiger partial charge in [0, 0.05) is 17.8 Å². The average Bonchev–Trinajstić information content (AvgIpc) is 3.18. The molecule has 48 heavy (non-hydrogen) atoms. The Balaban J connectivity index is 1.30. The molecule has 4 heteroatoms. The van der Waals surface area contributed by atoms with Crippen molar-refractivity contribution in [2.45, 2.75) is 175 Å². The van der Waals surface area contributed by atoms with Crippen LogP contribution >= 0.6 is 0 Å². The second-order valence-electron chi connectivity index (χ2n) is 19.4. The van der Waals surface area contributed by atoms with Crippen molar-refractivity contribution >= 4 is 5.97 Å². The SMILES string of the molecule is CCCCCC[C@@]12CC[C@@]3(C)[C@@H]4CC[C@]5(O)O[C@@H](Cc6ccccc6)[C@@]4(CC[C@@H]3[C@@]1(C)CC[C@@]1(C)CC[C@@](C)(C(=O)O)C[C@H]12)[C@H]5CCC. The summed E-state index contributed by atoms with van der Waals surface area (Å²) in [5.41, 5.74) is 1.59. The van der Waals surface area contributed by atoms with Gasteiger partial charge in [-0.05, 0) is 135 Å². The number of carboxylic acids is 1. The Labute approximate surface area is 292 Å². The van der Waals surface area contributed by atoms with E-state index in [1.54, 1.807) is 0 Å². The lowest BCUT2D eigenvalue weighted by Gasteiger charge is -2.75. The first-order valence-corrected chi connectivity index (χ1v) is 20.4. The molecule has 1 aromatic carbocycles. The quantitative estimate of drug-likeness (QED) is 0.245. The van der Waals surface area contributed by atoms with E-state index in [2.05, 4.69) is 71.9 Å². The van der Waals surface area contributed by atoms with Crippen LogP contribution in [0.1, 0.15) is 163 Å². The highest BCUT2D eigenvalue weighted by molar-refractivity contribution is 5.74. The van der Waals surface area contributed by atoms with E-state index >= 15 is 0 Å². The van der Waals surface area contributed by atoms with E-state index in [0.717, 1.165) is 51.4 Å². The van der Waals surface area contributed by atoms with Crippen molar-refractivity contribution in [2.75, 3.05) is 0 Å². The van der Waals surface area contributed by atoms with Crippen molar-refractivity contribution in [2.24, 2.45) is 56.2 Å². The molecule has 7 rings (SSSR count). The van der Waals surface area contributed by atoms with Crippen LogP contribution in [-0.2, 0) is 16.0 Å². The highest BCUT2D eigenvalue weighted by atomic mass is 16.6. The van der Waals surface area contributed by atoms with E-state index in [1.807, 2.05) is 0 Å². The lowest BCUT2D eigenvalue weighted by Crippen LogP contribution is -2.69. The van der Waals surface area contributed by atoms with Crippen LogP contribution in [0.2, 0.25) is 0 Å². The van der Waals surface area contributed by atoms with Gasteiger partial charge in [-0.25, -0.2) is 0 Å². The number of fused-ring (bicyclic) bond motifs is 7. The first kappa shape index (κ1) is 35.0. The average molecular weight is 661 g/mol. The summed E-state index contributed by atoms with van der Waals surface area (Å²) in [6.07, 6.45) is 21.6. The zero-order valence-electron chi connectivity index (χ0n) is 31.4. The van der Waals surface area contributed by atoms with Crippen LogP contribution in [0.3, 0.4) is 0 Å². The molecule has 2 N–H and O–H groups in total. The van der Waals surface area contributed by atoms with Gasteiger partial charge in [0.15, 0.2) is 5.79 Å². The molecule has 1 aliphatic heterocycles. The molecule has 1 spiro atoms. The normalized spacial score (nSPS) is 49.4. The standard InChI is InChI=1S/C44H68O4/c1-7-9-10-14-20-42-28-26-40(5)32(41(42,6)27-25-38(3)23-24-39(4,37(45)46)30-35(38)42)18-21-43-33(40)19-22-44(47,34(43)15-8-2)48-36(43)29-31-16-12-11-13-17-31/h11-13,16-17,32-36,47H,7-10,14-15,18-30H2,1-6H3,(H,45,46)/t32-,33-,34+,35+,36-,38+,39+,40+,41+,42-,43+,44-/m0/s1. The number of hydrogen-bond donors (Lipinski definition) is 2. The van der Waals surface area contributed by atoms with E-state index in [9.17, 15) is 15.0 Å². The maximum atomic E-state index is 12.8. The van der Waals surface area contributed by atoms with E-state index in [1.165, 1.54) is 76.2 Å². The maximum absolute atomic E-state index is 12.8. The minimum Gasteiger partial charge on any atom is -0.481 e. The van der Waals surface area contributed by atoms with Crippen molar-refractivity contribution in [3.63, 3.8) is 0 Å². The Morgan fingerprint density at radius 1 is 0.812 bits per heavy atom. The van der Waals surface area contributed by atoms with Gasteiger partial charge in [0.1, 0.15) is 0 Å². The first-order valence-electron chi connectivity index (χ1n) is 20.4. The Bertz CT molecular complexity index is 1340. The molecule has 0 unspecified atom stereocenters. The van der Waals surface area contributed by atoms with Crippen molar-refractivity contribution in [1.82, 2.24) is 0 Å². The topological polar surface area (TPSA) is 66.8 Å². The van der Waals surface area contributed by atoms with Gasteiger partial charge in [0.05, 0.1) is 11.5 Å². The van der Waals surface area contributed by atoms with E-state index in [-0.39, 0.29) is 39.1 Å². The zero-order chi connectivity index (χ0) is 34.2. The number of aliphatic carboxylic acids is 1. The van der Waals surface area contributed by atoms with Gasteiger partial charge < -0.3 is 14.9 Å². The first-order chi connectivity index (χ1) is 22.8. The molecular weight excluding hydrogens is 592 g/mol. The number of unbranched alkanes of at least 4 members (excludes halogenated alkanes) is 3. The smallest absolute Gasteiger partial charge is 0.309 e. The Hall–Kier alpha value is -1.39. The van der Waals surface area contributed by atoms with E-state index in [0.29, 0.717) is 17.8 Å². The molecule has 0 radical (unpaired) electrons. The molecule has 5 aliphatic carbocycles. The highest BCUT2D eigenvalue weighted by Gasteiger charge is 2.77. The van der Waals surface area contributed by atoms with Crippen molar-refractivity contribution in [1.29, 1.82) is 0 Å². The lowest BCUT2D eigenvalue weighted by molar-refractivity contribution is -0.276. The molecule has 268 valence electrons. The summed E-state index contributed by atoms with van der Waals surface area (Å²) in [7, 11) is 0.